The second-order valence-electron chi connectivity index (χ2n) is 5.07. The molecule has 0 aliphatic heterocycles. The zero-order chi connectivity index (χ0) is 13.9. The Hall–Kier alpha value is -1.94. The molecule has 1 aliphatic rings. The lowest BCUT2D eigenvalue weighted by Crippen LogP contribution is -2.16. The molecule has 20 heavy (non-hydrogen) atoms. The van der Waals surface area contributed by atoms with Crippen LogP contribution in [0.4, 0.5) is 4.39 Å². The third-order valence-electron chi connectivity index (χ3n) is 3.49. The highest BCUT2D eigenvalue weighted by molar-refractivity contribution is 5.64. The Morgan fingerprint density at radius 3 is 2.85 bits per heavy atom. The molecule has 2 aromatic rings. The van der Waals surface area contributed by atoms with Gasteiger partial charge in [0.05, 0.1) is 13.3 Å². The number of aromatic nitrogens is 1. The van der Waals surface area contributed by atoms with Crippen LogP contribution in [-0.2, 0) is 6.54 Å². The maximum atomic E-state index is 13.8. The largest absolute Gasteiger partial charge is 0.495 e. The Morgan fingerprint density at radius 1 is 1.25 bits per heavy atom. The number of benzene rings is 1. The first kappa shape index (κ1) is 13.1. The van der Waals surface area contributed by atoms with Crippen molar-refractivity contribution in [3.63, 3.8) is 0 Å². The highest BCUT2D eigenvalue weighted by Gasteiger charge is 2.20. The van der Waals surface area contributed by atoms with Crippen molar-refractivity contribution in [2.45, 2.75) is 25.4 Å². The van der Waals surface area contributed by atoms with E-state index in [1.165, 1.54) is 18.9 Å². The molecular formula is C16H17FN2O. The first-order valence-corrected chi connectivity index (χ1v) is 6.77. The average Bonchev–Trinajstić information content (AvgIpc) is 3.31. The summed E-state index contributed by atoms with van der Waals surface area (Å²) in [5.74, 6) is 0.530. The maximum absolute atomic E-state index is 13.8. The Balaban J connectivity index is 1.86. The van der Waals surface area contributed by atoms with Gasteiger partial charge in [0.15, 0.2) is 0 Å². The molecule has 0 spiro atoms. The highest BCUT2D eigenvalue weighted by atomic mass is 19.1. The average molecular weight is 272 g/mol. The number of ether oxygens (including phenoxy) is 1. The van der Waals surface area contributed by atoms with Crippen LogP contribution in [0.15, 0.2) is 36.7 Å². The zero-order valence-corrected chi connectivity index (χ0v) is 11.4. The number of rotatable bonds is 5. The smallest absolute Gasteiger partial charge is 0.137 e. The lowest BCUT2D eigenvalue weighted by molar-refractivity contribution is 0.413. The fourth-order valence-electron chi connectivity index (χ4n) is 2.12. The molecule has 1 aromatic heterocycles. The summed E-state index contributed by atoms with van der Waals surface area (Å²) < 4.78 is 19.0. The van der Waals surface area contributed by atoms with Crippen molar-refractivity contribution in [3.05, 3.63) is 48.0 Å². The third-order valence-corrected chi connectivity index (χ3v) is 3.49. The molecule has 1 aliphatic carbocycles. The van der Waals surface area contributed by atoms with Gasteiger partial charge in [0.25, 0.3) is 0 Å². The molecule has 4 heteroatoms. The van der Waals surface area contributed by atoms with Crippen molar-refractivity contribution < 1.29 is 9.13 Å². The van der Waals surface area contributed by atoms with Gasteiger partial charge in [-0.15, -0.1) is 0 Å². The SMILES string of the molecule is COc1cncc(-c2ccc(F)c(CNC3CC3)c2)c1. The summed E-state index contributed by atoms with van der Waals surface area (Å²) in [6, 6.07) is 7.63. The van der Waals surface area contributed by atoms with E-state index < -0.39 is 0 Å². The van der Waals surface area contributed by atoms with Crippen LogP contribution >= 0.6 is 0 Å². The quantitative estimate of drug-likeness (QED) is 0.908. The van der Waals surface area contributed by atoms with Crippen LogP contribution in [0, 0.1) is 5.82 Å². The minimum atomic E-state index is -0.169. The van der Waals surface area contributed by atoms with Gasteiger partial charge >= 0.3 is 0 Å². The van der Waals surface area contributed by atoms with Gasteiger partial charge in [-0.05, 0) is 36.6 Å². The van der Waals surface area contributed by atoms with Gasteiger partial charge in [-0.3, -0.25) is 4.98 Å². The number of pyridine rings is 1. The number of nitrogens with one attached hydrogen (secondary N) is 1. The minimum Gasteiger partial charge on any atom is -0.495 e. The maximum Gasteiger partial charge on any atom is 0.137 e. The molecule has 1 N–H and O–H groups in total. The van der Waals surface area contributed by atoms with Crippen molar-refractivity contribution in [2.75, 3.05) is 7.11 Å². The molecule has 0 unspecified atom stereocenters. The number of hydrogen-bond donors (Lipinski definition) is 1. The van der Waals surface area contributed by atoms with Gasteiger partial charge in [-0.1, -0.05) is 6.07 Å². The van der Waals surface area contributed by atoms with Crippen LogP contribution in [-0.4, -0.2) is 18.1 Å². The topological polar surface area (TPSA) is 34.1 Å². The fourth-order valence-corrected chi connectivity index (χ4v) is 2.12. The van der Waals surface area contributed by atoms with Crippen LogP contribution in [0.3, 0.4) is 0 Å². The Kier molecular flexibility index (Phi) is 3.65. The monoisotopic (exact) mass is 272 g/mol. The Labute approximate surface area is 117 Å². The summed E-state index contributed by atoms with van der Waals surface area (Å²) in [5, 5.41) is 3.33. The Morgan fingerprint density at radius 2 is 2.10 bits per heavy atom. The van der Waals surface area contributed by atoms with E-state index in [4.69, 9.17) is 4.74 Å². The molecule has 0 radical (unpaired) electrons. The molecule has 3 nitrogen and oxygen atoms in total. The predicted molar refractivity (Wildman–Crippen MR) is 76.0 cm³/mol. The molecule has 0 amide bonds. The summed E-state index contributed by atoms with van der Waals surface area (Å²) in [7, 11) is 1.61. The highest BCUT2D eigenvalue weighted by Crippen LogP contribution is 2.25. The van der Waals surface area contributed by atoms with Gasteiger partial charge in [0, 0.05) is 29.9 Å². The lowest BCUT2D eigenvalue weighted by atomic mass is 10.0. The first-order valence-electron chi connectivity index (χ1n) is 6.77. The molecule has 1 saturated carbocycles. The molecule has 104 valence electrons. The summed E-state index contributed by atoms with van der Waals surface area (Å²) >= 11 is 0. The standard InChI is InChI=1S/C16H17FN2O/c1-20-15-7-12(8-18-10-15)11-2-5-16(17)13(6-11)9-19-14-3-4-14/h2,5-8,10,14,19H,3-4,9H2,1H3. The molecule has 0 saturated heterocycles. The van der Waals surface area contributed by atoms with Gasteiger partial charge in [-0.25, -0.2) is 4.39 Å². The summed E-state index contributed by atoms with van der Waals surface area (Å²) in [6.07, 6.45) is 5.80. The van der Waals surface area contributed by atoms with Gasteiger partial charge in [-0.2, -0.15) is 0 Å². The van der Waals surface area contributed by atoms with Crippen LogP contribution < -0.4 is 10.1 Å². The van der Waals surface area contributed by atoms with E-state index in [1.807, 2.05) is 12.1 Å². The molecule has 0 atom stereocenters. The van der Waals surface area contributed by atoms with Crippen molar-refractivity contribution in [1.29, 1.82) is 0 Å². The van der Waals surface area contributed by atoms with Gasteiger partial charge in [0.1, 0.15) is 11.6 Å². The number of halogens is 1. The molecule has 3 rings (SSSR count). The molecule has 1 heterocycles. The molecule has 0 bridgehead atoms. The van der Waals surface area contributed by atoms with Crippen molar-refractivity contribution >= 4 is 0 Å². The van der Waals surface area contributed by atoms with E-state index in [0.29, 0.717) is 23.9 Å². The fraction of sp³-hybridized carbons (Fsp3) is 0.312. The van der Waals surface area contributed by atoms with E-state index in [2.05, 4.69) is 10.3 Å². The first-order chi connectivity index (χ1) is 9.76. The molecular weight excluding hydrogens is 255 g/mol. The van der Waals surface area contributed by atoms with Crippen LogP contribution in [0.2, 0.25) is 0 Å². The minimum absolute atomic E-state index is 0.169. The van der Waals surface area contributed by atoms with E-state index in [1.54, 1.807) is 25.6 Å². The van der Waals surface area contributed by atoms with Crippen LogP contribution in [0.1, 0.15) is 18.4 Å². The van der Waals surface area contributed by atoms with Crippen molar-refractivity contribution in [1.82, 2.24) is 10.3 Å². The van der Waals surface area contributed by atoms with Crippen molar-refractivity contribution in [3.8, 4) is 16.9 Å². The second-order valence-corrected chi connectivity index (χ2v) is 5.07. The normalized spacial score (nSPS) is 14.3. The van der Waals surface area contributed by atoms with Gasteiger partial charge in [0.2, 0.25) is 0 Å². The zero-order valence-electron chi connectivity index (χ0n) is 11.4. The summed E-state index contributed by atoms with van der Waals surface area (Å²) in [5.41, 5.74) is 2.57. The molecule has 1 fully saturated rings. The van der Waals surface area contributed by atoms with E-state index >= 15 is 0 Å². The molecule has 1 aromatic carbocycles. The predicted octanol–water partition coefficient (Wildman–Crippen LogP) is 3.15. The van der Waals surface area contributed by atoms with Gasteiger partial charge < -0.3 is 10.1 Å². The third kappa shape index (κ3) is 2.96. The van der Waals surface area contributed by atoms with E-state index in [9.17, 15) is 4.39 Å². The van der Waals surface area contributed by atoms with E-state index in [-0.39, 0.29) is 5.82 Å². The van der Waals surface area contributed by atoms with E-state index in [0.717, 1.165) is 11.1 Å². The van der Waals surface area contributed by atoms with Crippen molar-refractivity contribution in [2.24, 2.45) is 0 Å². The number of methoxy groups -OCH3 is 1. The van der Waals surface area contributed by atoms with Crippen LogP contribution in [0.25, 0.3) is 11.1 Å². The lowest BCUT2D eigenvalue weighted by Gasteiger charge is -2.09. The number of hydrogen-bond acceptors (Lipinski definition) is 3. The van der Waals surface area contributed by atoms with Crippen LogP contribution in [0.5, 0.6) is 5.75 Å². The second kappa shape index (κ2) is 5.59. The Bertz CT molecular complexity index is 611. The summed E-state index contributed by atoms with van der Waals surface area (Å²) in [6.45, 7) is 0.571. The number of nitrogens with zero attached hydrogens (tertiary/aromatic N) is 1. The summed E-state index contributed by atoms with van der Waals surface area (Å²) in [4.78, 5) is 4.13.